The number of aromatic amines is 1. The third-order valence-corrected chi connectivity index (χ3v) is 5.51. The number of para-hydroxylation sites is 2. The van der Waals surface area contributed by atoms with Crippen LogP contribution in [-0.4, -0.2) is 24.3 Å². The maximum atomic E-state index is 12.8. The molecular formula is C17H11ClF3N5O3S. The lowest BCUT2D eigenvalue weighted by atomic mass is 10.3. The number of benzene rings is 1. The van der Waals surface area contributed by atoms with E-state index in [1.54, 1.807) is 28.8 Å². The van der Waals surface area contributed by atoms with Crippen molar-refractivity contribution in [3.8, 4) is 0 Å². The zero-order valence-corrected chi connectivity index (χ0v) is 16.4. The molecule has 0 radical (unpaired) electrons. The van der Waals surface area contributed by atoms with Gasteiger partial charge in [-0.15, -0.1) is 4.74 Å². The minimum Gasteiger partial charge on any atom is -0.317 e. The number of fused-ring (bicyclic) bond motifs is 1. The smallest absolute Gasteiger partial charge is 0.317 e. The number of pyridine rings is 1. The molecule has 0 fully saturated rings. The van der Waals surface area contributed by atoms with Gasteiger partial charge in [0.1, 0.15) is 5.03 Å². The number of aromatic nitrogens is 5. The molecule has 1 aromatic carbocycles. The van der Waals surface area contributed by atoms with Crippen molar-refractivity contribution in [1.82, 2.24) is 24.3 Å². The van der Waals surface area contributed by atoms with Crippen LogP contribution in [-0.2, 0) is 19.3 Å². The highest BCUT2D eigenvalue weighted by Gasteiger charge is 2.31. The number of alkyl halides is 3. The lowest BCUT2D eigenvalue weighted by Crippen LogP contribution is -2.19. The molecule has 0 aliphatic rings. The van der Waals surface area contributed by atoms with Crippen LogP contribution in [0.3, 0.4) is 0 Å². The summed E-state index contributed by atoms with van der Waals surface area (Å²) in [6, 6.07) is 7.94. The molecule has 0 saturated heterocycles. The first kappa shape index (κ1) is 20.3. The molecule has 1 N–H and O–H groups in total. The average molecular weight is 458 g/mol. The fourth-order valence-electron chi connectivity index (χ4n) is 2.74. The molecule has 4 rings (SSSR count). The fourth-order valence-corrected chi connectivity index (χ4v) is 3.90. The van der Waals surface area contributed by atoms with Crippen molar-refractivity contribution < 1.29 is 17.7 Å². The zero-order chi connectivity index (χ0) is 21.5. The number of aryl methyl sites for hydroxylation is 2. The molecule has 0 bridgehead atoms. The third-order valence-electron chi connectivity index (χ3n) is 4.10. The molecule has 3 heterocycles. The molecule has 3 aromatic heterocycles. The van der Waals surface area contributed by atoms with Gasteiger partial charge in [0.15, 0.2) is 5.16 Å². The number of H-pyrrole nitrogens is 1. The summed E-state index contributed by atoms with van der Waals surface area (Å²) < 4.78 is 45.9. The first-order chi connectivity index (χ1) is 14.2. The van der Waals surface area contributed by atoms with E-state index in [-0.39, 0.29) is 23.1 Å². The van der Waals surface area contributed by atoms with Crippen LogP contribution >= 0.6 is 23.4 Å². The standard InChI is InChI=1S/C17H11ClF3N5O3S/c18-10-7-9(17(19,20)21)8-22-13(10)30-15-23-11-3-1-2-4-12(11)25(15)5-6-26-14(27)24-16(28)29-26/h1-4,7-8H,5-6H2,(H,24,27,28). The molecule has 4 aromatic rings. The van der Waals surface area contributed by atoms with Crippen LogP contribution in [0.1, 0.15) is 5.56 Å². The molecule has 0 amide bonds. The molecule has 0 aliphatic carbocycles. The number of imidazole rings is 1. The van der Waals surface area contributed by atoms with Crippen LogP contribution in [0.4, 0.5) is 13.2 Å². The summed E-state index contributed by atoms with van der Waals surface area (Å²) in [4.78, 5) is 33.1. The van der Waals surface area contributed by atoms with Crippen molar-refractivity contribution in [2.24, 2.45) is 0 Å². The van der Waals surface area contributed by atoms with Crippen LogP contribution < -0.4 is 11.4 Å². The monoisotopic (exact) mass is 457 g/mol. The summed E-state index contributed by atoms with van der Waals surface area (Å²) in [6.45, 7) is 0.224. The Kier molecular flexibility index (Phi) is 5.20. The van der Waals surface area contributed by atoms with Gasteiger partial charge in [-0.2, -0.15) is 13.2 Å². The van der Waals surface area contributed by atoms with Crippen LogP contribution in [0, 0.1) is 0 Å². The van der Waals surface area contributed by atoms with E-state index in [2.05, 4.69) is 9.97 Å². The number of hydrogen-bond donors (Lipinski definition) is 1. The summed E-state index contributed by atoms with van der Waals surface area (Å²) in [5, 5.41) is 0.379. The topological polar surface area (TPSA) is 98.7 Å². The van der Waals surface area contributed by atoms with Crippen LogP contribution in [0.25, 0.3) is 11.0 Å². The molecule has 0 aliphatic heterocycles. The molecule has 8 nitrogen and oxygen atoms in total. The van der Waals surface area contributed by atoms with Crippen molar-refractivity contribution in [1.29, 1.82) is 0 Å². The zero-order valence-electron chi connectivity index (χ0n) is 14.8. The first-order valence-electron chi connectivity index (χ1n) is 8.38. The highest BCUT2D eigenvalue weighted by molar-refractivity contribution is 7.99. The average Bonchev–Trinajstić information content (AvgIpc) is 3.19. The SMILES string of the molecule is O=c1[nH]c(=O)n(CCn2c(Sc3ncc(C(F)(F)F)cc3Cl)nc3ccccc32)o1. The summed E-state index contributed by atoms with van der Waals surface area (Å²) in [7, 11) is 0. The predicted octanol–water partition coefficient (Wildman–Crippen LogP) is 3.40. The summed E-state index contributed by atoms with van der Waals surface area (Å²) in [5.74, 6) is -0.870. The Bertz CT molecular complexity index is 1340. The third kappa shape index (κ3) is 4.00. The number of halogens is 4. The van der Waals surface area contributed by atoms with E-state index in [0.717, 1.165) is 22.6 Å². The van der Waals surface area contributed by atoms with Gasteiger partial charge in [0.05, 0.1) is 28.2 Å². The van der Waals surface area contributed by atoms with Gasteiger partial charge < -0.3 is 9.09 Å². The normalized spacial score (nSPS) is 12.0. The minimum absolute atomic E-state index is 0.0274. The number of nitrogens with one attached hydrogen (secondary N) is 1. The fraction of sp³-hybridized carbons (Fsp3) is 0.176. The second-order valence-electron chi connectivity index (χ2n) is 6.06. The molecule has 156 valence electrons. The van der Waals surface area contributed by atoms with Crippen LogP contribution in [0.5, 0.6) is 0 Å². The number of hydrogen-bond acceptors (Lipinski definition) is 6. The van der Waals surface area contributed by atoms with Gasteiger partial charge in [-0.25, -0.2) is 24.5 Å². The van der Waals surface area contributed by atoms with Gasteiger partial charge >= 0.3 is 17.6 Å². The Balaban J connectivity index is 1.69. The van der Waals surface area contributed by atoms with Crippen molar-refractivity contribution in [3.05, 3.63) is 68.1 Å². The van der Waals surface area contributed by atoms with Crippen molar-refractivity contribution >= 4 is 34.4 Å². The largest absolute Gasteiger partial charge is 0.440 e. The molecule has 0 saturated carbocycles. The summed E-state index contributed by atoms with van der Waals surface area (Å²) >= 11 is 7.00. The Morgan fingerprint density at radius 1 is 1.20 bits per heavy atom. The van der Waals surface area contributed by atoms with Crippen LogP contribution in [0.15, 0.2) is 60.8 Å². The maximum absolute atomic E-state index is 12.8. The quantitative estimate of drug-likeness (QED) is 0.493. The van der Waals surface area contributed by atoms with Gasteiger partial charge in [0.25, 0.3) is 0 Å². The van der Waals surface area contributed by atoms with E-state index in [1.807, 2.05) is 4.98 Å². The lowest BCUT2D eigenvalue weighted by molar-refractivity contribution is -0.137. The molecule has 30 heavy (non-hydrogen) atoms. The second kappa shape index (κ2) is 7.69. The lowest BCUT2D eigenvalue weighted by Gasteiger charge is -2.10. The molecule has 0 unspecified atom stereocenters. The Labute approximate surface area is 174 Å². The molecule has 0 atom stereocenters. The maximum Gasteiger partial charge on any atom is 0.440 e. The molecular weight excluding hydrogens is 447 g/mol. The van der Waals surface area contributed by atoms with E-state index in [9.17, 15) is 22.8 Å². The highest BCUT2D eigenvalue weighted by Crippen LogP contribution is 2.36. The number of rotatable bonds is 5. The second-order valence-corrected chi connectivity index (χ2v) is 7.42. The predicted molar refractivity (Wildman–Crippen MR) is 102 cm³/mol. The van der Waals surface area contributed by atoms with E-state index >= 15 is 0 Å². The van der Waals surface area contributed by atoms with Crippen LogP contribution in [0.2, 0.25) is 5.02 Å². The van der Waals surface area contributed by atoms with E-state index in [4.69, 9.17) is 16.1 Å². The number of nitrogens with zero attached hydrogens (tertiary/aromatic N) is 4. The Morgan fingerprint density at radius 3 is 2.63 bits per heavy atom. The van der Waals surface area contributed by atoms with Gasteiger partial charge in [-0.1, -0.05) is 23.7 Å². The van der Waals surface area contributed by atoms with Gasteiger partial charge in [-0.3, -0.25) is 0 Å². The molecule has 13 heteroatoms. The summed E-state index contributed by atoms with van der Waals surface area (Å²) in [6.07, 6.45) is -3.85. The minimum atomic E-state index is -4.55. The molecule has 0 spiro atoms. The van der Waals surface area contributed by atoms with Gasteiger partial charge in [-0.05, 0) is 30.0 Å². The Morgan fingerprint density at radius 2 is 1.97 bits per heavy atom. The van der Waals surface area contributed by atoms with Gasteiger partial charge in [0, 0.05) is 12.7 Å². The first-order valence-corrected chi connectivity index (χ1v) is 9.58. The van der Waals surface area contributed by atoms with Crippen molar-refractivity contribution in [2.45, 2.75) is 29.4 Å². The van der Waals surface area contributed by atoms with Crippen molar-refractivity contribution in [2.75, 3.05) is 0 Å². The van der Waals surface area contributed by atoms with Crippen molar-refractivity contribution in [3.63, 3.8) is 0 Å². The highest BCUT2D eigenvalue weighted by atomic mass is 35.5. The summed E-state index contributed by atoms with van der Waals surface area (Å²) in [5.41, 5.74) is -0.293. The van der Waals surface area contributed by atoms with Gasteiger partial charge in [0.2, 0.25) is 0 Å². The van der Waals surface area contributed by atoms with E-state index < -0.39 is 23.2 Å². The van der Waals surface area contributed by atoms with E-state index in [0.29, 0.717) is 22.4 Å². The van der Waals surface area contributed by atoms with E-state index in [1.165, 1.54) is 0 Å². The Hall–Kier alpha value is -2.99.